The minimum atomic E-state index is -0.00355. The van der Waals surface area contributed by atoms with Crippen LogP contribution in [-0.4, -0.2) is 17.2 Å². The lowest BCUT2D eigenvalue weighted by molar-refractivity contribution is 0.0855. The van der Waals surface area contributed by atoms with E-state index in [1.807, 2.05) is 6.92 Å². The molecule has 0 saturated heterocycles. The third-order valence-corrected chi connectivity index (χ3v) is 3.18. The monoisotopic (exact) mass is 237 g/mol. The topological polar surface area (TPSA) is 21.6 Å². The first kappa shape index (κ1) is 11.5. The molecule has 1 aliphatic rings. The number of hydrogen-bond donors (Lipinski definition) is 0. The van der Waals surface area contributed by atoms with Crippen molar-refractivity contribution in [3.05, 3.63) is 35.4 Å². The Morgan fingerprint density at radius 1 is 1.44 bits per heavy atom. The molecule has 16 heavy (non-hydrogen) atoms. The second-order valence-electron chi connectivity index (χ2n) is 4.11. The molecule has 0 saturated carbocycles. The van der Waals surface area contributed by atoms with Gasteiger partial charge in [-0.05, 0) is 24.5 Å². The Labute approximate surface area is 101 Å². The van der Waals surface area contributed by atoms with Gasteiger partial charge in [0.1, 0.15) is 6.10 Å². The van der Waals surface area contributed by atoms with Gasteiger partial charge in [-0.25, -0.2) is 0 Å². The van der Waals surface area contributed by atoms with E-state index in [0.717, 1.165) is 24.1 Å². The van der Waals surface area contributed by atoms with Crippen LogP contribution in [0.3, 0.4) is 0 Å². The predicted molar refractivity (Wildman–Crippen MR) is 67.2 cm³/mol. The Bertz CT molecular complexity index is 383. The van der Waals surface area contributed by atoms with Crippen molar-refractivity contribution >= 4 is 17.3 Å². The quantitative estimate of drug-likeness (QED) is 0.739. The van der Waals surface area contributed by atoms with E-state index in [2.05, 4.69) is 36.3 Å². The first-order valence-electron chi connectivity index (χ1n) is 5.66. The summed E-state index contributed by atoms with van der Waals surface area (Å²) in [5, 5.41) is 4.09. The van der Waals surface area contributed by atoms with Crippen LogP contribution in [0.5, 0.6) is 0 Å². The predicted octanol–water partition coefficient (Wildman–Crippen LogP) is 3.37. The number of halogens is 1. The molecule has 2 unspecified atom stereocenters. The zero-order chi connectivity index (χ0) is 11.5. The highest BCUT2D eigenvalue weighted by Crippen LogP contribution is 2.21. The van der Waals surface area contributed by atoms with Crippen LogP contribution in [0.1, 0.15) is 31.4 Å². The van der Waals surface area contributed by atoms with Gasteiger partial charge in [-0.15, -0.1) is 11.6 Å². The summed E-state index contributed by atoms with van der Waals surface area (Å²) in [6, 6.07) is 8.47. The standard InChI is InChI=1S/C13H16ClNO/c1-3-10-4-6-11(7-5-10)12-8-13(9(2)14)16-15-12/h4-7,9,13H,3,8H2,1-2H3. The van der Waals surface area contributed by atoms with Gasteiger partial charge in [0.05, 0.1) is 11.1 Å². The number of rotatable bonds is 3. The van der Waals surface area contributed by atoms with Crippen LogP contribution in [0.4, 0.5) is 0 Å². The van der Waals surface area contributed by atoms with Gasteiger partial charge in [0.2, 0.25) is 0 Å². The first-order chi connectivity index (χ1) is 7.70. The number of aryl methyl sites for hydroxylation is 1. The zero-order valence-corrected chi connectivity index (χ0v) is 10.4. The van der Waals surface area contributed by atoms with E-state index in [1.165, 1.54) is 5.56 Å². The van der Waals surface area contributed by atoms with Gasteiger partial charge in [-0.2, -0.15) is 0 Å². The molecular weight excluding hydrogens is 222 g/mol. The summed E-state index contributed by atoms with van der Waals surface area (Å²) in [6.07, 6.45) is 1.88. The molecule has 0 bridgehead atoms. The van der Waals surface area contributed by atoms with Crippen LogP contribution in [-0.2, 0) is 11.3 Å². The van der Waals surface area contributed by atoms with Crippen molar-refractivity contribution in [3.63, 3.8) is 0 Å². The van der Waals surface area contributed by atoms with Crippen LogP contribution >= 0.6 is 11.6 Å². The average Bonchev–Trinajstić information content (AvgIpc) is 2.78. The van der Waals surface area contributed by atoms with Crippen molar-refractivity contribution in [1.29, 1.82) is 0 Å². The van der Waals surface area contributed by atoms with Gasteiger partial charge in [-0.3, -0.25) is 0 Å². The number of nitrogens with zero attached hydrogens (tertiary/aromatic N) is 1. The highest BCUT2D eigenvalue weighted by molar-refractivity contribution is 6.21. The molecule has 0 aromatic heterocycles. The lowest BCUT2D eigenvalue weighted by atomic mass is 10.0. The maximum absolute atomic E-state index is 5.99. The molecule has 0 N–H and O–H groups in total. The summed E-state index contributed by atoms with van der Waals surface area (Å²) in [5.41, 5.74) is 3.47. The molecule has 1 aromatic rings. The van der Waals surface area contributed by atoms with Gasteiger partial charge in [0.15, 0.2) is 0 Å². The molecule has 2 nitrogen and oxygen atoms in total. The Hall–Kier alpha value is -1.02. The molecule has 0 radical (unpaired) electrons. The number of hydrogen-bond acceptors (Lipinski definition) is 2. The normalized spacial score (nSPS) is 21.4. The van der Waals surface area contributed by atoms with Crippen molar-refractivity contribution < 1.29 is 4.84 Å². The van der Waals surface area contributed by atoms with Crippen LogP contribution in [0.2, 0.25) is 0 Å². The summed E-state index contributed by atoms with van der Waals surface area (Å²) >= 11 is 5.99. The van der Waals surface area contributed by atoms with Crippen LogP contribution in [0, 0.1) is 0 Å². The average molecular weight is 238 g/mol. The van der Waals surface area contributed by atoms with E-state index in [1.54, 1.807) is 0 Å². The fourth-order valence-electron chi connectivity index (χ4n) is 1.75. The van der Waals surface area contributed by atoms with Crippen molar-refractivity contribution in [2.45, 2.75) is 38.2 Å². The van der Waals surface area contributed by atoms with Gasteiger partial charge in [-0.1, -0.05) is 36.3 Å². The third-order valence-electron chi connectivity index (χ3n) is 2.90. The second kappa shape index (κ2) is 4.88. The summed E-state index contributed by atoms with van der Waals surface area (Å²) < 4.78 is 0. The molecule has 1 heterocycles. The first-order valence-corrected chi connectivity index (χ1v) is 6.10. The SMILES string of the molecule is CCc1ccc(C2=NOC(C(C)Cl)C2)cc1. The zero-order valence-electron chi connectivity index (χ0n) is 9.61. The fourth-order valence-corrected chi connectivity index (χ4v) is 1.88. The van der Waals surface area contributed by atoms with E-state index in [9.17, 15) is 0 Å². The molecule has 0 fully saturated rings. The maximum atomic E-state index is 5.99. The molecule has 86 valence electrons. The highest BCUT2D eigenvalue weighted by atomic mass is 35.5. The molecular formula is C13H16ClNO. The molecule has 0 spiro atoms. The summed E-state index contributed by atoms with van der Waals surface area (Å²) in [4.78, 5) is 5.29. The van der Waals surface area contributed by atoms with Crippen molar-refractivity contribution in [2.24, 2.45) is 5.16 Å². The molecule has 1 aromatic carbocycles. The number of oxime groups is 1. The minimum absolute atomic E-state index is 0.00355. The van der Waals surface area contributed by atoms with E-state index < -0.39 is 0 Å². The van der Waals surface area contributed by atoms with Crippen molar-refractivity contribution in [3.8, 4) is 0 Å². The molecule has 0 aliphatic carbocycles. The van der Waals surface area contributed by atoms with Gasteiger partial charge < -0.3 is 4.84 Å². The second-order valence-corrected chi connectivity index (χ2v) is 4.80. The van der Waals surface area contributed by atoms with E-state index in [0.29, 0.717) is 0 Å². The largest absolute Gasteiger partial charge is 0.390 e. The van der Waals surface area contributed by atoms with E-state index >= 15 is 0 Å². The lowest BCUT2D eigenvalue weighted by Gasteiger charge is -2.09. The van der Waals surface area contributed by atoms with Crippen LogP contribution in [0.15, 0.2) is 29.4 Å². The van der Waals surface area contributed by atoms with Crippen LogP contribution < -0.4 is 0 Å². The van der Waals surface area contributed by atoms with E-state index in [4.69, 9.17) is 16.4 Å². The van der Waals surface area contributed by atoms with Gasteiger partial charge in [0.25, 0.3) is 0 Å². The number of benzene rings is 1. The summed E-state index contributed by atoms with van der Waals surface area (Å²) in [6.45, 7) is 4.08. The summed E-state index contributed by atoms with van der Waals surface area (Å²) in [7, 11) is 0. The van der Waals surface area contributed by atoms with Crippen molar-refractivity contribution in [2.75, 3.05) is 0 Å². The van der Waals surface area contributed by atoms with Gasteiger partial charge in [0, 0.05) is 6.42 Å². The molecule has 2 atom stereocenters. The number of alkyl halides is 1. The maximum Gasteiger partial charge on any atom is 0.149 e. The molecule has 0 amide bonds. The van der Waals surface area contributed by atoms with Crippen molar-refractivity contribution in [1.82, 2.24) is 0 Å². The van der Waals surface area contributed by atoms with Crippen LogP contribution in [0.25, 0.3) is 0 Å². The Balaban J connectivity index is 2.08. The lowest BCUT2D eigenvalue weighted by Crippen LogP contribution is -2.18. The highest BCUT2D eigenvalue weighted by Gasteiger charge is 2.25. The third kappa shape index (κ3) is 2.38. The Kier molecular flexibility index (Phi) is 3.49. The Morgan fingerprint density at radius 3 is 2.62 bits per heavy atom. The summed E-state index contributed by atoms with van der Waals surface area (Å²) in [5.74, 6) is 0. The minimum Gasteiger partial charge on any atom is -0.390 e. The Morgan fingerprint density at radius 2 is 2.12 bits per heavy atom. The molecule has 2 rings (SSSR count). The smallest absolute Gasteiger partial charge is 0.149 e. The van der Waals surface area contributed by atoms with E-state index in [-0.39, 0.29) is 11.5 Å². The molecule has 3 heteroatoms. The fraction of sp³-hybridized carbons (Fsp3) is 0.462. The van der Waals surface area contributed by atoms with Gasteiger partial charge >= 0.3 is 0 Å². The molecule has 1 aliphatic heterocycles.